The predicted molar refractivity (Wildman–Crippen MR) is 66.5 cm³/mol. The normalized spacial score (nSPS) is 24.9. The van der Waals surface area contributed by atoms with E-state index in [-0.39, 0.29) is 0 Å². The van der Waals surface area contributed by atoms with Gasteiger partial charge in [0.2, 0.25) is 0 Å². The lowest BCUT2D eigenvalue weighted by Crippen LogP contribution is -2.26. The summed E-state index contributed by atoms with van der Waals surface area (Å²) in [5.74, 6) is 0. The van der Waals surface area contributed by atoms with Crippen molar-refractivity contribution in [3.8, 4) is 0 Å². The molecule has 0 saturated heterocycles. The maximum Gasteiger partial charge on any atom is 0.0586 e. The lowest BCUT2D eigenvalue weighted by molar-refractivity contribution is 0.107. The van der Waals surface area contributed by atoms with Crippen LogP contribution < -0.4 is 5.32 Å². The molecule has 16 heavy (non-hydrogen) atoms. The second-order valence-electron chi connectivity index (χ2n) is 4.73. The summed E-state index contributed by atoms with van der Waals surface area (Å²) in [6, 6.07) is 9.37. The molecule has 1 aromatic carbocycles. The first-order valence-electron chi connectivity index (χ1n) is 6.09. The smallest absolute Gasteiger partial charge is 0.0586 e. The molecule has 0 heterocycles. The molecule has 2 unspecified atom stereocenters. The van der Waals surface area contributed by atoms with Gasteiger partial charge < -0.3 is 10.1 Å². The van der Waals surface area contributed by atoms with Crippen LogP contribution in [0, 0.1) is 6.92 Å². The van der Waals surface area contributed by atoms with Gasteiger partial charge in [0.25, 0.3) is 0 Å². The second-order valence-corrected chi connectivity index (χ2v) is 4.73. The van der Waals surface area contributed by atoms with Crippen molar-refractivity contribution >= 4 is 0 Å². The van der Waals surface area contributed by atoms with Crippen molar-refractivity contribution in [3.63, 3.8) is 0 Å². The summed E-state index contributed by atoms with van der Waals surface area (Å²) < 4.78 is 5.37. The van der Waals surface area contributed by atoms with Crippen molar-refractivity contribution in [2.75, 3.05) is 7.11 Å². The molecule has 2 nitrogen and oxygen atoms in total. The van der Waals surface area contributed by atoms with E-state index in [1.165, 1.54) is 24.0 Å². The Morgan fingerprint density at radius 1 is 1.25 bits per heavy atom. The van der Waals surface area contributed by atoms with E-state index >= 15 is 0 Å². The third-order valence-electron chi connectivity index (χ3n) is 3.43. The van der Waals surface area contributed by atoms with Gasteiger partial charge in [0.15, 0.2) is 0 Å². The third kappa shape index (κ3) is 3.06. The van der Waals surface area contributed by atoms with Gasteiger partial charge in [0.05, 0.1) is 6.10 Å². The van der Waals surface area contributed by atoms with Crippen LogP contribution in [0.1, 0.15) is 30.4 Å². The fourth-order valence-electron chi connectivity index (χ4n) is 2.31. The molecule has 1 fully saturated rings. The minimum absolute atomic E-state index is 0.468. The highest BCUT2D eigenvalue weighted by atomic mass is 16.5. The Bertz CT molecular complexity index is 320. The Kier molecular flexibility index (Phi) is 3.97. The fourth-order valence-corrected chi connectivity index (χ4v) is 2.31. The topological polar surface area (TPSA) is 21.3 Å². The molecule has 2 atom stereocenters. The summed E-state index contributed by atoms with van der Waals surface area (Å²) in [4.78, 5) is 0. The zero-order valence-electron chi connectivity index (χ0n) is 10.2. The molecule has 1 saturated carbocycles. The van der Waals surface area contributed by atoms with Gasteiger partial charge in [-0.25, -0.2) is 0 Å². The Balaban J connectivity index is 1.77. The van der Waals surface area contributed by atoms with Gasteiger partial charge in [-0.2, -0.15) is 0 Å². The first-order chi connectivity index (χ1) is 7.78. The summed E-state index contributed by atoms with van der Waals surface area (Å²) in [5, 5.41) is 3.60. The van der Waals surface area contributed by atoms with Crippen LogP contribution in [0.2, 0.25) is 0 Å². The molecular formula is C14H21NO. The summed E-state index contributed by atoms with van der Waals surface area (Å²) in [5.41, 5.74) is 2.69. The molecule has 0 aliphatic heterocycles. The van der Waals surface area contributed by atoms with Crippen LogP contribution in [0.3, 0.4) is 0 Å². The number of aryl methyl sites for hydroxylation is 1. The molecule has 2 heteroatoms. The number of hydrogen-bond acceptors (Lipinski definition) is 2. The monoisotopic (exact) mass is 219 g/mol. The van der Waals surface area contributed by atoms with Crippen molar-refractivity contribution in [2.45, 2.75) is 44.9 Å². The van der Waals surface area contributed by atoms with E-state index in [1.807, 2.05) is 7.11 Å². The van der Waals surface area contributed by atoms with E-state index in [4.69, 9.17) is 4.74 Å². The van der Waals surface area contributed by atoms with Crippen molar-refractivity contribution in [2.24, 2.45) is 0 Å². The van der Waals surface area contributed by atoms with Crippen LogP contribution in [0.5, 0.6) is 0 Å². The zero-order valence-corrected chi connectivity index (χ0v) is 10.2. The van der Waals surface area contributed by atoms with Crippen LogP contribution in [-0.2, 0) is 11.3 Å². The Morgan fingerprint density at radius 2 is 2.00 bits per heavy atom. The van der Waals surface area contributed by atoms with E-state index in [0.717, 1.165) is 13.0 Å². The number of ether oxygens (including phenoxy) is 1. The Labute approximate surface area is 98.0 Å². The molecule has 0 bridgehead atoms. The Hall–Kier alpha value is -0.860. The van der Waals surface area contributed by atoms with Crippen molar-refractivity contribution in [1.82, 2.24) is 5.32 Å². The molecule has 0 radical (unpaired) electrons. The predicted octanol–water partition coefficient (Wildman–Crippen LogP) is 2.65. The summed E-state index contributed by atoms with van der Waals surface area (Å²) in [7, 11) is 1.81. The number of nitrogens with one attached hydrogen (secondary N) is 1. The second kappa shape index (κ2) is 5.46. The van der Waals surface area contributed by atoms with E-state index in [2.05, 4.69) is 36.5 Å². The third-order valence-corrected chi connectivity index (χ3v) is 3.43. The highest BCUT2D eigenvalue weighted by molar-refractivity contribution is 5.21. The van der Waals surface area contributed by atoms with Gasteiger partial charge in [-0.3, -0.25) is 0 Å². The van der Waals surface area contributed by atoms with E-state index in [9.17, 15) is 0 Å². The van der Waals surface area contributed by atoms with Crippen molar-refractivity contribution in [1.29, 1.82) is 0 Å². The first kappa shape index (κ1) is 11.6. The highest BCUT2D eigenvalue weighted by Gasteiger charge is 2.23. The van der Waals surface area contributed by atoms with Gasteiger partial charge in [-0.1, -0.05) is 29.8 Å². The van der Waals surface area contributed by atoms with Gasteiger partial charge in [0, 0.05) is 19.7 Å². The average Bonchev–Trinajstić information content (AvgIpc) is 2.76. The molecule has 1 aliphatic carbocycles. The largest absolute Gasteiger partial charge is 0.381 e. The van der Waals surface area contributed by atoms with Crippen LogP contribution in [0.4, 0.5) is 0 Å². The van der Waals surface area contributed by atoms with Crippen LogP contribution in [0.25, 0.3) is 0 Å². The van der Waals surface area contributed by atoms with Crippen molar-refractivity contribution in [3.05, 3.63) is 35.4 Å². The fraction of sp³-hybridized carbons (Fsp3) is 0.571. The average molecular weight is 219 g/mol. The van der Waals surface area contributed by atoms with Gasteiger partial charge in [-0.05, 0) is 31.7 Å². The highest BCUT2D eigenvalue weighted by Crippen LogP contribution is 2.21. The van der Waals surface area contributed by atoms with E-state index in [0.29, 0.717) is 12.1 Å². The standard InChI is InChI=1S/C14H21NO/c1-11-3-5-12(6-4-11)10-15-13-7-8-14(9-13)16-2/h3-6,13-15H,7-10H2,1-2H3. The van der Waals surface area contributed by atoms with E-state index < -0.39 is 0 Å². The van der Waals surface area contributed by atoms with Gasteiger partial charge in [-0.15, -0.1) is 0 Å². The van der Waals surface area contributed by atoms with Crippen LogP contribution in [-0.4, -0.2) is 19.3 Å². The lowest BCUT2D eigenvalue weighted by Gasteiger charge is -2.12. The summed E-state index contributed by atoms with van der Waals surface area (Å²) >= 11 is 0. The SMILES string of the molecule is COC1CCC(NCc2ccc(C)cc2)C1. The minimum Gasteiger partial charge on any atom is -0.381 e. The van der Waals surface area contributed by atoms with Crippen LogP contribution in [0.15, 0.2) is 24.3 Å². The molecule has 2 rings (SSSR count). The maximum absolute atomic E-state index is 5.37. The maximum atomic E-state index is 5.37. The Morgan fingerprint density at radius 3 is 2.62 bits per heavy atom. The molecule has 1 N–H and O–H groups in total. The number of benzene rings is 1. The van der Waals surface area contributed by atoms with Crippen LogP contribution >= 0.6 is 0 Å². The molecule has 0 amide bonds. The quantitative estimate of drug-likeness (QED) is 0.840. The molecule has 0 aromatic heterocycles. The van der Waals surface area contributed by atoms with Crippen molar-refractivity contribution < 1.29 is 4.74 Å². The minimum atomic E-state index is 0.468. The molecule has 0 spiro atoms. The van der Waals surface area contributed by atoms with Gasteiger partial charge in [0.1, 0.15) is 0 Å². The molecule has 88 valence electrons. The molecular weight excluding hydrogens is 198 g/mol. The first-order valence-corrected chi connectivity index (χ1v) is 6.09. The van der Waals surface area contributed by atoms with Gasteiger partial charge >= 0.3 is 0 Å². The zero-order chi connectivity index (χ0) is 11.4. The molecule has 1 aromatic rings. The number of methoxy groups -OCH3 is 1. The summed E-state index contributed by atoms with van der Waals surface area (Å²) in [6.07, 6.45) is 4.06. The number of hydrogen-bond donors (Lipinski definition) is 1. The van der Waals surface area contributed by atoms with E-state index in [1.54, 1.807) is 0 Å². The lowest BCUT2D eigenvalue weighted by atomic mass is 10.1. The number of rotatable bonds is 4. The summed E-state index contributed by atoms with van der Waals surface area (Å²) in [6.45, 7) is 3.10. The molecule has 1 aliphatic rings.